The van der Waals surface area contributed by atoms with Crippen LogP contribution in [0.5, 0.6) is 0 Å². The highest BCUT2D eigenvalue weighted by atomic mass is 35.5. The summed E-state index contributed by atoms with van der Waals surface area (Å²) in [4.78, 5) is 27.8. The zero-order valence-corrected chi connectivity index (χ0v) is 19.2. The first-order valence-electron chi connectivity index (χ1n) is 9.34. The molecule has 0 unspecified atom stereocenters. The number of anilines is 1. The minimum atomic E-state index is -0.144. The Balaban J connectivity index is 2.53. The molecule has 1 N–H and O–H groups in total. The van der Waals surface area contributed by atoms with E-state index in [1.54, 1.807) is 18.4 Å². The topological polar surface area (TPSA) is 54.3 Å². The minimum absolute atomic E-state index is 0.0586. The van der Waals surface area contributed by atoms with Gasteiger partial charge in [-0.25, -0.2) is 0 Å². The summed E-state index contributed by atoms with van der Waals surface area (Å²) >= 11 is 7.77. The average molecular weight is 432 g/mol. The van der Waals surface area contributed by atoms with Gasteiger partial charge in [-0.3, -0.25) is 14.3 Å². The van der Waals surface area contributed by atoms with Crippen LogP contribution in [-0.4, -0.2) is 30.8 Å². The average Bonchev–Trinajstić information content (AvgIpc) is 2.63. The maximum Gasteiger partial charge on any atom is 0.249 e. The monoisotopic (exact) mass is 431 g/mol. The number of pyridine rings is 1. The first-order chi connectivity index (χ1) is 13.6. The van der Waals surface area contributed by atoms with Crippen LogP contribution in [0.1, 0.15) is 26.3 Å². The molecule has 0 aliphatic rings. The van der Waals surface area contributed by atoms with Crippen molar-refractivity contribution in [2.45, 2.75) is 32.7 Å². The second-order valence-electron chi connectivity index (χ2n) is 8.31. The first-order valence-corrected chi connectivity index (χ1v) is 10.9. The van der Waals surface area contributed by atoms with Crippen molar-refractivity contribution in [1.29, 1.82) is 0 Å². The van der Waals surface area contributed by atoms with E-state index in [4.69, 9.17) is 11.6 Å². The van der Waals surface area contributed by atoms with Crippen LogP contribution in [0.4, 0.5) is 5.69 Å². The van der Waals surface area contributed by atoms with Crippen molar-refractivity contribution < 1.29 is 4.79 Å². The van der Waals surface area contributed by atoms with Gasteiger partial charge in [-0.1, -0.05) is 50.4 Å². The Hall–Kier alpha value is -2.18. The van der Waals surface area contributed by atoms with Crippen molar-refractivity contribution >= 4 is 56.9 Å². The van der Waals surface area contributed by atoms with Gasteiger partial charge in [-0.15, -0.1) is 0 Å². The summed E-state index contributed by atoms with van der Waals surface area (Å²) in [5.41, 5.74) is 3.07. The molecule has 0 spiro atoms. The maximum absolute atomic E-state index is 13.3. The van der Waals surface area contributed by atoms with E-state index in [0.717, 1.165) is 16.8 Å². The van der Waals surface area contributed by atoms with E-state index >= 15 is 0 Å². The first kappa shape index (κ1) is 21.5. The van der Waals surface area contributed by atoms with Crippen LogP contribution in [0.25, 0.3) is 21.8 Å². The van der Waals surface area contributed by atoms with Crippen LogP contribution in [0.15, 0.2) is 35.1 Å². The number of rotatable bonds is 4. The minimum Gasteiger partial charge on any atom is -0.375 e. The lowest BCUT2D eigenvalue weighted by Gasteiger charge is -2.24. The number of nitrogens with one attached hydrogen (secondary N) is 1. The number of nitrogens with zero attached hydrogens (tertiary/aromatic N) is 2. The van der Waals surface area contributed by atoms with Crippen LogP contribution >= 0.6 is 23.5 Å². The fourth-order valence-electron chi connectivity index (χ4n) is 3.57. The normalized spacial score (nSPS) is 11.8. The summed E-state index contributed by atoms with van der Waals surface area (Å²) in [7, 11) is 3.76. The Bertz CT molecular complexity index is 1160. The number of aromatic nitrogens is 1. The van der Waals surface area contributed by atoms with Crippen molar-refractivity contribution in [3.05, 3.63) is 51.1 Å². The Morgan fingerprint density at radius 1 is 1.17 bits per heavy atom. The van der Waals surface area contributed by atoms with Gasteiger partial charge in [0.05, 0.1) is 21.7 Å². The molecule has 0 aliphatic heterocycles. The summed E-state index contributed by atoms with van der Waals surface area (Å²) < 4.78 is 4.69. The van der Waals surface area contributed by atoms with Crippen molar-refractivity contribution in [1.82, 2.24) is 9.29 Å². The summed E-state index contributed by atoms with van der Waals surface area (Å²) in [5.74, 6) is -0.144. The fourth-order valence-corrected chi connectivity index (χ4v) is 4.18. The summed E-state index contributed by atoms with van der Waals surface area (Å²) in [5, 5.41) is 1.67. The molecule has 0 bridgehead atoms. The number of carbonyl (C=O) groups is 1. The van der Waals surface area contributed by atoms with Gasteiger partial charge in [0.2, 0.25) is 5.91 Å². The summed E-state index contributed by atoms with van der Waals surface area (Å²) in [6.07, 6.45) is 1.80. The van der Waals surface area contributed by atoms with E-state index in [1.807, 2.05) is 41.8 Å². The molecule has 5 nitrogen and oxygen atoms in total. The molecule has 0 aliphatic carbocycles. The van der Waals surface area contributed by atoms with Gasteiger partial charge in [0.1, 0.15) is 6.54 Å². The van der Waals surface area contributed by atoms with Crippen LogP contribution < -0.4 is 15.1 Å². The molecule has 0 saturated carbocycles. The second-order valence-corrected chi connectivity index (χ2v) is 9.33. The van der Waals surface area contributed by atoms with E-state index in [0.29, 0.717) is 21.3 Å². The van der Waals surface area contributed by atoms with E-state index in [1.165, 1.54) is 11.9 Å². The van der Waals surface area contributed by atoms with E-state index < -0.39 is 0 Å². The third-order valence-electron chi connectivity index (χ3n) is 4.98. The van der Waals surface area contributed by atoms with Crippen molar-refractivity contribution in [3.63, 3.8) is 0 Å². The zero-order valence-electron chi connectivity index (χ0n) is 17.6. The van der Waals surface area contributed by atoms with Gasteiger partial charge >= 0.3 is 0 Å². The number of benzene rings is 2. The predicted octanol–water partition coefficient (Wildman–Crippen LogP) is 4.57. The van der Waals surface area contributed by atoms with Crippen LogP contribution in [0.3, 0.4) is 0 Å². The number of hydrogen-bond donors (Lipinski definition) is 1. The highest BCUT2D eigenvalue weighted by Crippen LogP contribution is 2.35. The van der Waals surface area contributed by atoms with Gasteiger partial charge in [-0.05, 0) is 35.2 Å². The fraction of sp³-hybridized carbons (Fsp3) is 0.364. The number of hydrogen-bond acceptors (Lipinski definition) is 4. The largest absolute Gasteiger partial charge is 0.375 e. The van der Waals surface area contributed by atoms with Crippen molar-refractivity contribution in [2.24, 2.45) is 0 Å². The zero-order chi connectivity index (χ0) is 21.5. The predicted molar refractivity (Wildman–Crippen MR) is 125 cm³/mol. The molecule has 2 aromatic carbocycles. The lowest BCUT2D eigenvalue weighted by molar-refractivity contribution is -0.119. The Morgan fingerprint density at radius 3 is 2.41 bits per heavy atom. The Morgan fingerprint density at radius 2 is 1.83 bits per heavy atom. The van der Waals surface area contributed by atoms with E-state index in [2.05, 4.69) is 25.5 Å². The molecule has 0 radical (unpaired) electrons. The molecule has 0 saturated heterocycles. The standard InChI is InChI=1S/C22H26ClN3O2S/c1-22(2,3)13-7-8-14-17(11-13)26(12-18(27)24-29-6)19-15(21(14)28)9-10-16(23)20(19)25(4)5/h7-11H,12H2,1-6H3,(H,24,27). The summed E-state index contributed by atoms with van der Waals surface area (Å²) in [6, 6.07) is 9.35. The molecule has 3 rings (SSSR count). The molecule has 29 heavy (non-hydrogen) atoms. The van der Waals surface area contributed by atoms with E-state index in [9.17, 15) is 9.59 Å². The third kappa shape index (κ3) is 3.96. The molecule has 154 valence electrons. The van der Waals surface area contributed by atoms with Gasteiger partial charge < -0.3 is 9.47 Å². The number of amides is 1. The smallest absolute Gasteiger partial charge is 0.249 e. The van der Waals surface area contributed by atoms with E-state index in [-0.39, 0.29) is 23.3 Å². The van der Waals surface area contributed by atoms with Crippen molar-refractivity contribution in [2.75, 3.05) is 25.3 Å². The van der Waals surface area contributed by atoms with Crippen LogP contribution in [0.2, 0.25) is 5.02 Å². The molecule has 3 aromatic rings. The molecule has 1 heterocycles. The molecular weight excluding hydrogens is 406 g/mol. The molecule has 0 fully saturated rings. The molecule has 7 heteroatoms. The molecule has 0 atom stereocenters. The lowest BCUT2D eigenvalue weighted by atomic mass is 9.86. The highest BCUT2D eigenvalue weighted by Gasteiger charge is 2.21. The Kier molecular flexibility index (Phi) is 5.88. The second kappa shape index (κ2) is 7.92. The third-order valence-corrected chi connectivity index (χ3v) is 5.72. The van der Waals surface area contributed by atoms with Crippen LogP contribution in [0, 0.1) is 0 Å². The number of fused-ring (bicyclic) bond motifs is 2. The van der Waals surface area contributed by atoms with Crippen molar-refractivity contribution in [3.8, 4) is 0 Å². The highest BCUT2D eigenvalue weighted by molar-refractivity contribution is 7.97. The molecule has 1 amide bonds. The number of carbonyl (C=O) groups excluding carboxylic acids is 1. The summed E-state index contributed by atoms with van der Waals surface area (Å²) in [6.45, 7) is 6.46. The van der Waals surface area contributed by atoms with Gasteiger partial charge in [0, 0.05) is 31.1 Å². The van der Waals surface area contributed by atoms with Gasteiger partial charge in [0.25, 0.3) is 0 Å². The maximum atomic E-state index is 13.3. The quantitative estimate of drug-likeness (QED) is 0.485. The lowest BCUT2D eigenvalue weighted by Crippen LogP contribution is -2.25. The van der Waals surface area contributed by atoms with Gasteiger partial charge in [0.15, 0.2) is 5.43 Å². The SMILES string of the molecule is CSNC(=O)Cn1c2cc(C(C)(C)C)ccc2c(=O)c2ccc(Cl)c(N(C)C)c21. The van der Waals surface area contributed by atoms with Gasteiger partial charge in [-0.2, -0.15) is 0 Å². The molecular formula is C22H26ClN3O2S. The number of halogens is 1. The van der Waals surface area contributed by atoms with Crippen LogP contribution in [-0.2, 0) is 16.8 Å². The Labute approximate surface area is 180 Å². The molecule has 1 aromatic heterocycles.